The molecule has 6 nitrogen and oxygen atoms in total. The topological polar surface area (TPSA) is 76.7 Å². The van der Waals surface area contributed by atoms with Crippen LogP contribution in [0.5, 0.6) is 0 Å². The molecule has 0 atom stereocenters. The molecule has 0 radical (unpaired) electrons. The molecule has 0 aliphatic rings. The van der Waals surface area contributed by atoms with Gasteiger partial charge < -0.3 is 20.1 Å². The molecule has 0 aromatic rings. The van der Waals surface area contributed by atoms with Crippen LogP contribution in [0.15, 0.2) is 0 Å². The minimum atomic E-state index is -0.610. The maximum Gasteiger partial charge on any atom is 0.408 e. The van der Waals surface area contributed by atoms with Crippen molar-refractivity contribution in [2.45, 2.75) is 0 Å². The molecular formula is C5H10N2O4. The van der Waals surface area contributed by atoms with Crippen molar-refractivity contribution in [3.63, 3.8) is 0 Å². The number of carbonyl (C=O) groups is 2. The summed E-state index contributed by atoms with van der Waals surface area (Å²) >= 11 is 0. The second-order valence-electron chi connectivity index (χ2n) is 1.51. The number of amides is 2. The molecule has 0 fully saturated rings. The predicted octanol–water partition coefficient (Wildman–Crippen LogP) is -0.344. The summed E-state index contributed by atoms with van der Waals surface area (Å²) in [5.41, 5.74) is 0. The van der Waals surface area contributed by atoms with Gasteiger partial charge in [0.1, 0.15) is 0 Å². The molecule has 64 valence electrons. The van der Waals surface area contributed by atoms with Gasteiger partial charge in [-0.15, -0.1) is 0 Å². The lowest BCUT2D eigenvalue weighted by molar-refractivity contribution is 0.162. The first kappa shape index (κ1) is 9.54. The summed E-state index contributed by atoms with van der Waals surface area (Å²) in [5, 5.41) is 4.45. The molecule has 11 heavy (non-hydrogen) atoms. The molecule has 0 spiro atoms. The van der Waals surface area contributed by atoms with Crippen LogP contribution in [-0.4, -0.2) is 33.1 Å². The van der Waals surface area contributed by atoms with E-state index in [-0.39, 0.29) is 6.67 Å². The van der Waals surface area contributed by atoms with E-state index < -0.39 is 12.2 Å². The lowest BCUT2D eigenvalue weighted by Gasteiger charge is -2.03. The standard InChI is InChI=1S/C5H10N2O4/c1-10-4(8)6-3-7-5(9)11-2/h3H2,1-2H3,(H,6,8)(H,7,9). The lowest BCUT2D eigenvalue weighted by atomic mass is 10.9. The van der Waals surface area contributed by atoms with Crippen molar-refractivity contribution < 1.29 is 19.1 Å². The van der Waals surface area contributed by atoms with Crippen LogP contribution in [0.2, 0.25) is 0 Å². The quantitative estimate of drug-likeness (QED) is 0.544. The Balaban J connectivity index is 3.27. The zero-order valence-electron chi connectivity index (χ0n) is 6.34. The summed E-state index contributed by atoms with van der Waals surface area (Å²) in [7, 11) is 2.46. The normalized spacial score (nSPS) is 8.18. The highest BCUT2D eigenvalue weighted by atomic mass is 16.5. The Kier molecular flexibility index (Phi) is 4.63. The van der Waals surface area contributed by atoms with E-state index in [1.54, 1.807) is 0 Å². The second kappa shape index (κ2) is 5.33. The Morgan fingerprint density at radius 3 is 1.73 bits per heavy atom. The van der Waals surface area contributed by atoms with Crippen molar-refractivity contribution >= 4 is 12.2 Å². The number of methoxy groups -OCH3 is 2. The first-order chi connectivity index (χ1) is 5.20. The number of alkyl carbamates (subject to hydrolysis) is 2. The Morgan fingerprint density at radius 1 is 1.09 bits per heavy atom. The Hall–Kier alpha value is -1.46. The Labute approximate surface area is 63.8 Å². The van der Waals surface area contributed by atoms with Gasteiger partial charge in [-0.25, -0.2) is 9.59 Å². The van der Waals surface area contributed by atoms with E-state index in [0.717, 1.165) is 0 Å². The van der Waals surface area contributed by atoms with Crippen LogP contribution in [0.4, 0.5) is 9.59 Å². The highest BCUT2D eigenvalue weighted by Gasteiger charge is 1.99. The molecule has 0 unspecified atom stereocenters. The van der Waals surface area contributed by atoms with Gasteiger partial charge in [0, 0.05) is 0 Å². The molecule has 6 heteroatoms. The third-order valence-corrected chi connectivity index (χ3v) is 0.836. The number of hydrogen-bond donors (Lipinski definition) is 2. The van der Waals surface area contributed by atoms with Crippen LogP contribution in [0.25, 0.3) is 0 Å². The Bertz CT molecular complexity index is 131. The zero-order valence-corrected chi connectivity index (χ0v) is 6.34. The van der Waals surface area contributed by atoms with Crippen molar-refractivity contribution in [2.24, 2.45) is 0 Å². The number of nitrogens with one attached hydrogen (secondary N) is 2. The van der Waals surface area contributed by atoms with Gasteiger partial charge in [0.05, 0.1) is 20.9 Å². The van der Waals surface area contributed by atoms with Gasteiger partial charge in [-0.3, -0.25) is 0 Å². The molecule has 0 heterocycles. The van der Waals surface area contributed by atoms with Crippen LogP contribution < -0.4 is 10.6 Å². The summed E-state index contributed by atoms with van der Waals surface area (Å²) in [5.74, 6) is 0. The fourth-order valence-corrected chi connectivity index (χ4v) is 0.333. The second-order valence-corrected chi connectivity index (χ2v) is 1.51. The first-order valence-corrected chi connectivity index (χ1v) is 2.84. The fraction of sp³-hybridized carbons (Fsp3) is 0.600. The lowest BCUT2D eigenvalue weighted by Crippen LogP contribution is -2.36. The van der Waals surface area contributed by atoms with Gasteiger partial charge in [-0.1, -0.05) is 0 Å². The van der Waals surface area contributed by atoms with E-state index in [1.807, 2.05) is 0 Å². The first-order valence-electron chi connectivity index (χ1n) is 2.84. The summed E-state index contributed by atoms with van der Waals surface area (Å²) in [6, 6.07) is 0. The molecule has 0 aromatic heterocycles. The smallest absolute Gasteiger partial charge is 0.408 e. The van der Waals surface area contributed by atoms with Crippen molar-refractivity contribution in [3.05, 3.63) is 0 Å². The van der Waals surface area contributed by atoms with Crippen molar-refractivity contribution in [1.82, 2.24) is 10.6 Å². The molecule has 0 aliphatic heterocycles. The molecule has 0 saturated carbocycles. The van der Waals surface area contributed by atoms with Crippen LogP contribution in [0, 0.1) is 0 Å². The average Bonchev–Trinajstić information content (AvgIpc) is 2.04. The van der Waals surface area contributed by atoms with E-state index >= 15 is 0 Å². The highest BCUT2D eigenvalue weighted by Crippen LogP contribution is 1.70. The van der Waals surface area contributed by atoms with E-state index in [9.17, 15) is 9.59 Å². The van der Waals surface area contributed by atoms with E-state index in [2.05, 4.69) is 20.1 Å². The van der Waals surface area contributed by atoms with Gasteiger partial charge in [0.25, 0.3) is 0 Å². The summed E-state index contributed by atoms with van der Waals surface area (Å²) in [6.07, 6.45) is -1.22. The average molecular weight is 162 g/mol. The molecule has 2 amide bonds. The third-order valence-electron chi connectivity index (χ3n) is 0.836. The summed E-state index contributed by atoms with van der Waals surface area (Å²) in [4.78, 5) is 20.7. The minimum absolute atomic E-state index is 0.0145. The van der Waals surface area contributed by atoms with Gasteiger partial charge in [-0.2, -0.15) is 0 Å². The monoisotopic (exact) mass is 162 g/mol. The van der Waals surface area contributed by atoms with Gasteiger partial charge in [0.15, 0.2) is 0 Å². The van der Waals surface area contributed by atoms with E-state index in [4.69, 9.17) is 0 Å². The number of carbonyl (C=O) groups excluding carboxylic acids is 2. The van der Waals surface area contributed by atoms with Gasteiger partial charge >= 0.3 is 12.2 Å². The maximum atomic E-state index is 10.4. The highest BCUT2D eigenvalue weighted by molar-refractivity contribution is 5.69. The maximum absolute atomic E-state index is 10.4. The molecule has 0 aliphatic carbocycles. The van der Waals surface area contributed by atoms with Crippen molar-refractivity contribution in [3.8, 4) is 0 Å². The number of ether oxygens (including phenoxy) is 2. The van der Waals surface area contributed by atoms with Crippen LogP contribution >= 0.6 is 0 Å². The third kappa shape index (κ3) is 5.01. The van der Waals surface area contributed by atoms with E-state index in [1.165, 1.54) is 14.2 Å². The number of hydrogen-bond acceptors (Lipinski definition) is 4. The zero-order chi connectivity index (χ0) is 8.69. The molecular weight excluding hydrogens is 152 g/mol. The fourth-order valence-electron chi connectivity index (χ4n) is 0.333. The van der Waals surface area contributed by atoms with Crippen LogP contribution in [0.3, 0.4) is 0 Å². The van der Waals surface area contributed by atoms with Gasteiger partial charge in [0.2, 0.25) is 0 Å². The van der Waals surface area contributed by atoms with E-state index in [0.29, 0.717) is 0 Å². The van der Waals surface area contributed by atoms with Crippen molar-refractivity contribution in [1.29, 1.82) is 0 Å². The predicted molar refractivity (Wildman–Crippen MR) is 35.9 cm³/mol. The summed E-state index contributed by atoms with van der Waals surface area (Å²) < 4.78 is 8.45. The van der Waals surface area contributed by atoms with Crippen LogP contribution in [-0.2, 0) is 9.47 Å². The minimum Gasteiger partial charge on any atom is -0.453 e. The van der Waals surface area contributed by atoms with Gasteiger partial charge in [-0.05, 0) is 0 Å². The van der Waals surface area contributed by atoms with Crippen molar-refractivity contribution in [2.75, 3.05) is 20.9 Å². The Morgan fingerprint density at radius 2 is 1.45 bits per heavy atom. The largest absolute Gasteiger partial charge is 0.453 e. The molecule has 0 aromatic carbocycles. The molecule has 2 N–H and O–H groups in total. The SMILES string of the molecule is COC(=O)NCNC(=O)OC. The van der Waals surface area contributed by atoms with Crippen LogP contribution in [0.1, 0.15) is 0 Å². The molecule has 0 bridgehead atoms. The molecule has 0 rings (SSSR count). The number of rotatable bonds is 2. The molecule has 0 saturated heterocycles. The summed E-state index contributed by atoms with van der Waals surface area (Å²) in [6.45, 7) is -0.0145.